The Morgan fingerprint density at radius 2 is 1.85 bits per heavy atom. The van der Waals surface area contributed by atoms with E-state index >= 15 is 0 Å². The third-order valence-corrected chi connectivity index (χ3v) is 5.35. The van der Waals surface area contributed by atoms with Gasteiger partial charge in [0.2, 0.25) is 15.9 Å². The van der Waals surface area contributed by atoms with Gasteiger partial charge in [0.1, 0.15) is 10.6 Å². The third kappa shape index (κ3) is 5.72. The van der Waals surface area contributed by atoms with Gasteiger partial charge in [0.05, 0.1) is 13.7 Å². The predicted octanol–water partition coefficient (Wildman–Crippen LogP) is 2.29. The highest BCUT2D eigenvalue weighted by atomic mass is 35.5. The van der Waals surface area contributed by atoms with E-state index in [9.17, 15) is 13.2 Å². The van der Waals surface area contributed by atoms with Crippen LogP contribution in [0.5, 0.6) is 5.75 Å². The van der Waals surface area contributed by atoms with Gasteiger partial charge in [-0.3, -0.25) is 4.79 Å². The summed E-state index contributed by atoms with van der Waals surface area (Å²) < 4.78 is 32.2. The zero-order chi connectivity index (χ0) is 19.2. The average Bonchev–Trinajstić information content (AvgIpc) is 2.62. The minimum absolute atomic E-state index is 0.00830. The fourth-order valence-corrected chi connectivity index (χ4v) is 3.65. The molecule has 0 aliphatic carbocycles. The molecule has 0 heterocycles. The highest BCUT2D eigenvalue weighted by Gasteiger charge is 2.20. The molecule has 0 saturated heterocycles. The van der Waals surface area contributed by atoms with Crippen LogP contribution in [-0.4, -0.2) is 34.5 Å². The van der Waals surface area contributed by atoms with E-state index in [-0.39, 0.29) is 17.2 Å². The van der Waals surface area contributed by atoms with E-state index in [1.807, 2.05) is 12.1 Å². The van der Waals surface area contributed by atoms with Crippen molar-refractivity contribution in [1.82, 2.24) is 10.0 Å². The molecule has 0 radical (unpaired) electrons. The number of ether oxygens (including phenoxy) is 1. The number of amides is 1. The molecular weight excluding hydrogens is 376 g/mol. The Morgan fingerprint density at radius 3 is 2.50 bits per heavy atom. The average molecular weight is 397 g/mol. The van der Waals surface area contributed by atoms with Gasteiger partial charge in [-0.15, -0.1) is 0 Å². The molecule has 0 aliphatic rings. The molecule has 6 nitrogen and oxygen atoms in total. The van der Waals surface area contributed by atoms with Crippen LogP contribution in [0.15, 0.2) is 47.4 Å². The molecule has 2 aromatic carbocycles. The van der Waals surface area contributed by atoms with Crippen LogP contribution in [0.25, 0.3) is 0 Å². The Bertz CT molecular complexity index is 867. The Balaban J connectivity index is 1.88. The first-order valence-corrected chi connectivity index (χ1v) is 9.83. The van der Waals surface area contributed by atoms with Crippen molar-refractivity contribution in [2.75, 3.05) is 20.2 Å². The molecule has 1 amide bonds. The van der Waals surface area contributed by atoms with Crippen LogP contribution < -0.4 is 14.8 Å². The van der Waals surface area contributed by atoms with E-state index < -0.39 is 15.9 Å². The Morgan fingerprint density at radius 1 is 1.15 bits per heavy atom. The molecule has 26 heavy (non-hydrogen) atoms. The van der Waals surface area contributed by atoms with E-state index in [0.717, 1.165) is 11.1 Å². The van der Waals surface area contributed by atoms with Gasteiger partial charge >= 0.3 is 0 Å². The van der Waals surface area contributed by atoms with Crippen LogP contribution in [0.2, 0.25) is 5.02 Å². The molecular formula is C18H21ClN2O4S. The van der Waals surface area contributed by atoms with Crippen LogP contribution in [0.3, 0.4) is 0 Å². The van der Waals surface area contributed by atoms with E-state index in [2.05, 4.69) is 10.0 Å². The lowest BCUT2D eigenvalue weighted by Crippen LogP contribution is -2.37. The van der Waals surface area contributed by atoms with Gasteiger partial charge in [0.25, 0.3) is 0 Å². The first-order valence-electron chi connectivity index (χ1n) is 7.97. The zero-order valence-corrected chi connectivity index (χ0v) is 16.2. The fraction of sp³-hybridized carbons (Fsp3) is 0.278. The summed E-state index contributed by atoms with van der Waals surface area (Å²) in [5, 5.41) is 3.33. The number of rotatable bonds is 8. The molecule has 0 spiro atoms. The first kappa shape index (κ1) is 20.2. The largest absolute Gasteiger partial charge is 0.495 e. The summed E-state index contributed by atoms with van der Waals surface area (Å²) in [7, 11) is -2.46. The molecule has 140 valence electrons. The fourth-order valence-electron chi connectivity index (χ4n) is 2.29. The minimum Gasteiger partial charge on any atom is -0.495 e. The number of methoxy groups -OCH3 is 1. The smallest absolute Gasteiger partial charge is 0.244 e. The second-order valence-corrected chi connectivity index (χ2v) is 7.88. The van der Waals surface area contributed by atoms with Gasteiger partial charge in [-0.25, -0.2) is 13.1 Å². The van der Waals surface area contributed by atoms with Gasteiger partial charge in [-0.2, -0.15) is 0 Å². The lowest BCUT2D eigenvalue weighted by Gasteiger charge is -2.11. The summed E-state index contributed by atoms with van der Waals surface area (Å²) in [6.07, 6.45) is 0.626. The molecule has 0 unspecified atom stereocenters. The number of nitrogens with one attached hydrogen (secondary N) is 2. The number of carbonyl (C=O) groups is 1. The van der Waals surface area contributed by atoms with Crippen LogP contribution in [-0.2, 0) is 21.2 Å². The van der Waals surface area contributed by atoms with Crippen LogP contribution in [0.4, 0.5) is 0 Å². The lowest BCUT2D eigenvalue weighted by atomic mass is 10.1. The number of hydrogen-bond donors (Lipinski definition) is 2. The topological polar surface area (TPSA) is 84.5 Å². The maximum atomic E-state index is 12.4. The number of hydrogen-bond acceptors (Lipinski definition) is 4. The lowest BCUT2D eigenvalue weighted by molar-refractivity contribution is -0.119. The van der Waals surface area contributed by atoms with Crippen LogP contribution >= 0.6 is 11.6 Å². The van der Waals surface area contributed by atoms with E-state index in [1.54, 1.807) is 31.2 Å². The van der Waals surface area contributed by atoms with Gasteiger partial charge in [0, 0.05) is 11.6 Å². The van der Waals surface area contributed by atoms with Crippen LogP contribution in [0.1, 0.15) is 11.1 Å². The van der Waals surface area contributed by atoms with Crippen molar-refractivity contribution in [2.24, 2.45) is 0 Å². The van der Waals surface area contributed by atoms with Crippen molar-refractivity contribution in [3.8, 4) is 5.75 Å². The molecule has 0 aromatic heterocycles. The molecule has 0 atom stereocenters. The van der Waals surface area contributed by atoms with Crippen molar-refractivity contribution >= 4 is 27.5 Å². The summed E-state index contributed by atoms with van der Waals surface area (Å²) in [6.45, 7) is 1.83. The molecule has 2 aromatic rings. The quantitative estimate of drug-likeness (QED) is 0.717. The number of halogens is 1. The minimum atomic E-state index is -3.85. The third-order valence-electron chi connectivity index (χ3n) is 3.68. The highest BCUT2D eigenvalue weighted by Crippen LogP contribution is 2.24. The van der Waals surface area contributed by atoms with Crippen LogP contribution in [0, 0.1) is 6.92 Å². The molecule has 2 rings (SSSR count). The van der Waals surface area contributed by atoms with Crippen molar-refractivity contribution in [2.45, 2.75) is 18.2 Å². The predicted molar refractivity (Wildman–Crippen MR) is 101 cm³/mol. The standard InChI is InChI=1S/C18H21ClN2O4S/c1-13-3-8-16(25-2)17(11-13)26(23,24)21-12-18(22)20-10-9-14-4-6-15(19)7-5-14/h3-8,11,21H,9-10,12H2,1-2H3,(H,20,22). The summed E-state index contributed by atoms with van der Waals surface area (Å²) in [4.78, 5) is 11.9. The second kappa shape index (κ2) is 9.02. The van der Waals surface area contributed by atoms with Gasteiger partial charge in [-0.1, -0.05) is 29.8 Å². The molecule has 0 bridgehead atoms. The maximum Gasteiger partial charge on any atom is 0.244 e. The summed E-state index contributed by atoms with van der Waals surface area (Å²) in [5.41, 5.74) is 1.80. The highest BCUT2D eigenvalue weighted by molar-refractivity contribution is 7.89. The molecule has 0 aliphatic heterocycles. The number of benzene rings is 2. The summed E-state index contributed by atoms with van der Waals surface area (Å²) >= 11 is 5.82. The van der Waals surface area contributed by atoms with Crippen molar-refractivity contribution < 1.29 is 17.9 Å². The maximum absolute atomic E-state index is 12.4. The van der Waals surface area contributed by atoms with E-state index in [0.29, 0.717) is 18.0 Å². The van der Waals surface area contributed by atoms with Gasteiger partial charge in [0.15, 0.2) is 0 Å². The SMILES string of the molecule is COc1ccc(C)cc1S(=O)(=O)NCC(=O)NCCc1ccc(Cl)cc1. The van der Waals surface area contributed by atoms with Gasteiger partial charge in [-0.05, 0) is 48.7 Å². The molecule has 0 fully saturated rings. The zero-order valence-electron chi connectivity index (χ0n) is 14.6. The molecule has 2 N–H and O–H groups in total. The van der Waals surface area contributed by atoms with Gasteiger partial charge < -0.3 is 10.1 Å². The van der Waals surface area contributed by atoms with Crippen molar-refractivity contribution in [3.05, 3.63) is 58.6 Å². The number of carbonyl (C=O) groups excluding carboxylic acids is 1. The number of sulfonamides is 1. The van der Waals surface area contributed by atoms with Crippen molar-refractivity contribution in [1.29, 1.82) is 0 Å². The van der Waals surface area contributed by atoms with E-state index in [1.165, 1.54) is 13.2 Å². The summed E-state index contributed by atoms with van der Waals surface area (Å²) in [5.74, 6) is -0.180. The Kier molecular flexibility index (Phi) is 7.02. The first-order chi connectivity index (χ1) is 12.3. The Labute approximate surface area is 158 Å². The Hall–Kier alpha value is -2.09. The monoisotopic (exact) mass is 396 g/mol. The second-order valence-electron chi connectivity index (χ2n) is 5.71. The van der Waals surface area contributed by atoms with Crippen molar-refractivity contribution in [3.63, 3.8) is 0 Å². The summed E-state index contributed by atoms with van der Waals surface area (Å²) in [6, 6.07) is 12.1. The molecule has 0 saturated carbocycles. The van der Waals surface area contributed by atoms with E-state index in [4.69, 9.17) is 16.3 Å². The molecule has 8 heteroatoms. The normalized spacial score (nSPS) is 11.2. The number of aryl methyl sites for hydroxylation is 1.